The third-order valence-corrected chi connectivity index (χ3v) is 5.78. The molecule has 0 bridgehead atoms. The zero-order chi connectivity index (χ0) is 20.2. The van der Waals surface area contributed by atoms with E-state index in [0.29, 0.717) is 12.1 Å². The SMILES string of the molecule is Cc1ccc(CNC2CCC(Nc3nc(N(C)C)c4ccccc4n3)CC2)cc1. The Bertz CT molecular complexity index is 943. The summed E-state index contributed by atoms with van der Waals surface area (Å²) < 4.78 is 0. The van der Waals surface area contributed by atoms with Crippen LogP contribution in [0, 0.1) is 6.92 Å². The quantitative estimate of drug-likeness (QED) is 0.649. The molecule has 1 fully saturated rings. The van der Waals surface area contributed by atoms with E-state index in [-0.39, 0.29) is 0 Å². The molecule has 152 valence electrons. The molecule has 0 radical (unpaired) electrons. The summed E-state index contributed by atoms with van der Waals surface area (Å²) in [6.45, 7) is 3.08. The molecule has 0 aliphatic heterocycles. The lowest BCUT2D eigenvalue weighted by molar-refractivity contribution is 0.352. The Labute approximate surface area is 173 Å². The summed E-state index contributed by atoms with van der Waals surface area (Å²) in [6.07, 6.45) is 4.63. The lowest BCUT2D eigenvalue weighted by atomic mass is 9.91. The highest BCUT2D eigenvalue weighted by Crippen LogP contribution is 2.26. The van der Waals surface area contributed by atoms with Gasteiger partial charge in [0.25, 0.3) is 0 Å². The van der Waals surface area contributed by atoms with Crippen molar-refractivity contribution in [2.24, 2.45) is 0 Å². The minimum atomic E-state index is 0.434. The molecule has 1 saturated carbocycles. The molecule has 4 rings (SSSR count). The zero-order valence-electron chi connectivity index (χ0n) is 17.7. The smallest absolute Gasteiger partial charge is 0.225 e. The van der Waals surface area contributed by atoms with Gasteiger partial charge >= 0.3 is 0 Å². The second kappa shape index (κ2) is 8.78. The molecule has 1 aromatic heterocycles. The fourth-order valence-corrected chi connectivity index (χ4v) is 4.06. The number of anilines is 2. The Kier molecular flexibility index (Phi) is 5.95. The van der Waals surface area contributed by atoms with Gasteiger partial charge in [-0.25, -0.2) is 4.98 Å². The van der Waals surface area contributed by atoms with Crippen LogP contribution in [0.3, 0.4) is 0 Å². The number of hydrogen-bond acceptors (Lipinski definition) is 5. The van der Waals surface area contributed by atoms with Gasteiger partial charge in [-0.2, -0.15) is 4.98 Å². The van der Waals surface area contributed by atoms with E-state index in [4.69, 9.17) is 9.97 Å². The molecule has 2 N–H and O–H groups in total. The van der Waals surface area contributed by atoms with E-state index in [0.717, 1.165) is 42.1 Å². The van der Waals surface area contributed by atoms with E-state index in [2.05, 4.69) is 58.9 Å². The highest BCUT2D eigenvalue weighted by molar-refractivity contribution is 5.90. The number of para-hydroxylation sites is 1. The Balaban J connectivity index is 1.34. The highest BCUT2D eigenvalue weighted by Gasteiger charge is 2.22. The Hall–Kier alpha value is -2.66. The molecule has 5 heteroatoms. The van der Waals surface area contributed by atoms with E-state index >= 15 is 0 Å². The van der Waals surface area contributed by atoms with Gasteiger partial charge < -0.3 is 15.5 Å². The van der Waals surface area contributed by atoms with Crippen LogP contribution < -0.4 is 15.5 Å². The van der Waals surface area contributed by atoms with Crippen molar-refractivity contribution in [3.63, 3.8) is 0 Å². The first-order valence-corrected chi connectivity index (χ1v) is 10.6. The maximum atomic E-state index is 4.78. The molecule has 0 atom stereocenters. The second-order valence-corrected chi connectivity index (χ2v) is 8.34. The molecule has 1 aliphatic rings. The van der Waals surface area contributed by atoms with Gasteiger partial charge in [-0.15, -0.1) is 0 Å². The van der Waals surface area contributed by atoms with Crippen LogP contribution in [0.4, 0.5) is 11.8 Å². The van der Waals surface area contributed by atoms with E-state index in [1.807, 2.05) is 26.2 Å². The van der Waals surface area contributed by atoms with E-state index < -0.39 is 0 Å². The molecule has 0 amide bonds. The first-order chi connectivity index (χ1) is 14.1. The number of aromatic nitrogens is 2. The lowest BCUT2D eigenvalue weighted by Gasteiger charge is -2.30. The molecule has 0 unspecified atom stereocenters. The van der Waals surface area contributed by atoms with Gasteiger partial charge in [0.1, 0.15) is 5.82 Å². The minimum absolute atomic E-state index is 0.434. The van der Waals surface area contributed by atoms with Gasteiger partial charge in [0.05, 0.1) is 5.52 Å². The van der Waals surface area contributed by atoms with Gasteiger partial charge in [0.2, 0.25) is 5.95 Å². The third-order valence-electron chi connectivity index (χ3n) is 5.78. The molecule has 1 heterocycles. The van der Waals surface area contributed by atoms with Crippen LogP contribution in [0.15, 0.2) is 48.5 Å². The van der Waals surface area contributed by atoms with Gasteiger partial charge in [0.15, 0.2) is 0 Å². The number of benzene rings is 2. The zero-order valence-corrected chi connectivity index (χ0v) is 17.7. The van der Waals surface area contributed by atoms with Crippen molar-refractivity contribution in [2.75, 3.05) is 24.3 Å². The van der Waals surface area contributed by atoms with Crippen molar-refractivity contribution in [3.8, 4) is 0 Å². The van der Waals surface area contributed by atoms with Gasteiger partial charge in [0, 0.05) is 38.1 Å². The van der Waals surface area contributed by atoms with E-state index in [9.17, 15) is 0 Å². The monoisotopic (exact) mass is 389 g/mol. The number of rotatable bonds is 6. The van der Waals surface area contributed by atoms with Crippen LogP contribution in [0.5, 0.6) is 0 Å². The van der Waals surface area contributed by atoms with Crippen molar-refractivity contribution in [1.29, 1.82) is 0 Å². The molecule has 5 nitrogen and oxygen atoms in total. The predicted octanol–water partition coefficient (Wildman–Crippen LogP) is 4.52. The number of fused-ring (bicyclic) bond motifs is 1. The van der Waals surface area contributed by atoms with Crippen molar-refractivity contribution in [1.82, 2.24) is 15.3 Å². The van der Waals surface area contributed by atoms with Crippen molar-refractivity contribution in [3.05, 3.63) is 59.7 Å². The maximum Gasteiger partial charge on any atom is 0.225 e. The van der Waals surface area contributed by atoms with E-state index in [1.165, 1.54) is 24.0 Å². The van der Waals surface area contributed by atoms with Crippen LogP contribution in [-0.2, 0) is 6.54 Å². The van der Waals surface area contributed by atoms with Gasteiger partial charge in [-0.3, -0.25) is 0 Å². The molecule has 1 aliphatic carbocycles. The summed E-state index contributed by atoms with van der Waals surface area (Å²) in [7, 11) is 4.06. The summed E-state index contributed by atoms with van der Waals surface area (Å²) in [5.74, 6) is 1.70. The number of nitrogens with one attached hydrogen (secondary N) is 2. The second-order valence-electron chi connectivity index (χ2n) is 8.34. The molecular weight excluding hydrogens is 358 g/mol. The standard InChI is InChI=1S/C24H31N5/c1-17-8-10-18(11-9-17)16-25-19-12-14-20(15-13-19)26-24-27-22-7-5-4-6-21(22)23(28-24)29(2)3/h4-11,19-20,25H,12-16H2,1-3H3,(H,26,27,28). The Morgan fingerprint density at radius 1 is 0.897 bits per heavy atom. The molecule has 3 aromatic rings. The summed E-state index contributed by atoms with van der Waals surface area (Å²) in [5, 5.41) is 8.41. The fourth-order valence-electron chi connectivity index (χ4n) is 4.06. The minimum Gasteiger partial charge on any atom is -0.362 e. The average molecular weight is 390 g/mol. The van der Waals surface area contributed by atoms with Crippen LogP contribution in [0.25, 0.3) is 10.9 Å². The predicted molar refractivity (Wildman–Crippen MR) is 122 cm³/mol. The Morgan fingerprint density at radius 2 is 1.59 bits per heavy atom. The molecule has 0 saturated heterocycles. The summed E-state index contributed by atoms with van der Waals surface area (Å²) in [4.78, 5) is 11.6. The average Bonchev–Trinajstić information content (AvgIpc) is 2.74. The van der Waals surface area contributed by atoms with Crippen LogP contribution in [0.2, 0.25) is 0 Å². The molecule has 29 heavy (non-hydrogen) atoms. The third kappa shape index (κ3) is 4.85. The van der Waals surface area contributed by atoms with Crippen LogP contribution >= 0.6 is 0 Å². The van der Waals surface area contributed by atoms with Crippen molar-refractivity contribution >= 4 is 22.7 Å². The molecular formula is C24H31N5. The number of aryl methyl sites for hydroxylation is 1. The number of hydrogen-bond donors (Lipinski definition) is 2. The van der Waals surface area contributed by atoms with Crippen molar-refractivity contribution < 1.29 is 0 Å². The van der Waals surface area contributed by atoms with Crippen LogP contribution in [0.1, 0.15) is 36.8 Å². The summed E-state index contributed by atoms with van der Waals surface area (Å²) >= 11 is 0. The van der Waals surface area contributed by atoms with Crippen LogP contribution in [-0.4, -0.2) is 36.1 Å². The first kappa shape index (κ1) is 19.6. The van der Waals surface area contributed by atoms with Crippen molar-refractivity contribution in [2.45, 2.75) is 51.2 Å². The largest absolute Gasteiger partial charge is 0.362 e. The molecule has 0 spiro atoms. The fraction of sp³-hybridized carbons (Fsp3) is 0.417. The normalized spacial score (nSPS) is 19.3. The maximum absolute atomic E-state index is 4.78. The highest BCUT2D eigenvalue weighted by atomic mass is 15.2. The lowest BCUT2D eigenvalue weighted by Crippen LogP contribution is -2.37. The van der Waals surface area contributed by atoms with Gasteiger partial charge in [-0.1, -0.05) is 42.0 Å². The topological polar surface area (TPSA) is 53.1 Å². The van der Waals surface area contributed by atoms with E-state index in [1.54, 1.807) is 0 Å². The molecule has 2 aromatic carbocycles. The first-order valence-electron chi connectivity index (χ1n) is 10.6. The number of nitrogens with zero attached hydrogens (tertiary/aromatic N) is 3. The summed E-state index contributed by atoms with van der Waals surface area (Å²) in [6, 6.07) is 18.0. The summed E-state index contributed by atoms with van der Waals surface area (Å²) in [5.41, 5.74) is 3.66. The Morgan fingerprint density at radius 3 is 2.31 bits per heavy atom. The van der Waals surface area contributed by atoms with Gasteiger partial charge in [-0.05, 0) is 50.3 Å².